The van der Waals surface area contributed by atoms with E-state index in [0.717, 1.165) is 64.8 Å². The van der Waals surface area contributed by atoms with Gasteiger partial charge in [0.1, 0.15) is 5.78 Å². The van der Waals surface area contributed by atoms with Crippen LogP contribution in [0.3, 0.4) is 0 Å². The zero-order chi connectivity index (χ0) is 16.2. The average molecular weight is 312 g/mol. The molecule has 5 heteroatoms. The quantitative estimate of drug-likeness (QED) is 0.432. The molecular formula is C17H32N2O3. The van der Waals surface area contributed by atoms with Crippen molar-refractivity contribution >= 4 is 11.8 Å². The fourth-order valence-corrected chi connectivity index (χ4v) is 2.78. The van der Waals surface area contributed by atoms with Crippen LogP contribution in [-0.2, 0) is 14.3 Å². The number of Topliss-reactive ketones (excluding diaryl/α,β-unsaturated/α-hetero) is 1. The van der Waals surface area contributed by atoms with Crippen molar-refractivity contribution in [3.63, 3.8) is 0 Å². The van der Waals surface area contributed by atoms with Crippen molar-refractivity contribution in [1.82, 2.24) is 9.80 Å². The van der Waals surface area contributed by atoms with Crippen LogP contribution in [0.2, 0.25) is 0 Å². The van der Waals surface area contributed by atoms with Crippen molar-refractivity contribution in [2.75, 3.05) is 46.4 Å². The normalized spacial score (nSPS) is 16.6. The molecule has 1 fully saturated rings. The van der Waals surface area contributed by atoms with E-state index in [1.807, 2.05) is 0 Å². The largest absolute Gasteiger partial charge is 0.469 e. The van der Waals surface area contributed by atoms with Gasteiger partial charge in [0.2, 0.25) is 0 Å². The molecule has 1 saturated heterocycles. The van der Waals surface area contributed by atoms with E-state index in [2.05, 4.69) is 21.5 Å². The van der Waals surface area contributed by atoms with Gasteiger partial charge in [-0.2, -0.15) is 0 Å². The second kappa shape index (κ2) is 11.6. The summed E-state index contributed by atoms with van der Waals surface area (Å²) in [5, 5.41) is 0. The first kappa shape index (κ1) is 19.1. The fraction of sp³-hybridized carbons (Fsp3) is 0.882. The van der Waals surface area contributed by atoms with Gasteiger partial charge in [0.15, 0.2) is 0 Å². The molecule has 0 aromatic heterocycles. The summed E-state index contributed by atoms with van der Waals surface area (Å²) in [6.45, 7) is 7.85. The number of ether oxygens (including phenoxy) is 1. The highest BCUT2D eigenvalue weighted by molar-refractivity contribution is 5.80. The van der Waals surface area contributed by atoms with Crippen LogP contribution in [0.15, 0.2) is 0 Å². The summed E-state index contributed by atoms with van der Waals surface area (Å²) in [4.78, 5) is 27.6. The molecule has 0 radical (unpaired) electrons. The number of ketones is 1. The Morgan fingerprint density at radius 2 is 1.55 bits per heavy atom. The zero-order valence-corrected chi connectivity index (χ0v) is 14.3. The van der Waals surface area contributed by atoms with E-state index in [1.54, 1.807) is 0 Å². The van der Waals surface area contributed by atoms with Gasteiger partial charge in [-0.05, 0) is 25.8 Å². The second-order valence-corrected chi connectivity index (χ2v) is 6.15. The summed E-state index contributed by atoms with van der Waals surface area (Å²) in [6, 6.07) is 0. The van der Waals surface area contributed by atoms with Crippen LogP contribution in [0.25, 0.3) is 0 Å². The fourth-order valence-electron chi connectivity index (χ4n) is 2.78. The SMILES string of the molecule is CCCCCC(=O)CN1CCN(CCCCC(=O)OC)CC1. The lowest BCUT2D eigenvalue weighted by molar-refractivity contribution is -0.140. The lowest BCUT2D eigenvalue weighted by Gasteiger charge is -2.34. The topological polar surface area (TPSA) is 49.9 Å². The Morgan fingerprint density at radius 3 is 2.18 bits per heavy atom. The van der Waals surface area contributed by atoms with E-state index >= 15 is 0 Å². The highest BCUT2D eigenvalue weighted by Gasteiger charge is 2.18. The van der Waals surface area contributed by atoms with Gasteiger partial charge in [0.25, 0.3) is 0 Å². The molecular weight excluding hydrogens is 280 g/mol. The first-order valence-corrected chi connectivity index (χ1v) is 8.69. The summed E-state index contributed by atoms with van der Waals surface area (Å²) in [6.07, 6.45) is 6.54. The van der Waals surface area contributed by atoms with E-state index in [9.17, 15) is 9.59 Å². The molecule has 0 aromatic carbocycles. The molecule has 0 spiro atoms. The number of nitrogens with zero attached hydrogens (tertiary/aromatic N) is 2. The molecule has 0 N–H and O–H groups in total. The molecule has 1 rings (SSSR count). The predicted molar refractivity (Wildman–Crippen MR) is 87.9 cm³/mol. The number of rotatable bonds is 11. The number of hydrogen-bond acceptors (Lipinski definition) is 5. The van der Waals surface area contributed by atoms with Gasteiger partial charge >= 0.3 is 5.97 Å². The van der Waals surface area contributed by atoms with E-state index in [1.165, 1.54) is 13.5 Å². The summed E-state index contributed by atoms with van der Waals surface area (Å²) < 4.78 is 4.64. The first-order valence-electron chi connectivity index (χ1n) is 8.69. The molecule has 0 bridgehead atoms. The van der Waals surface area contributed by atoms with Crippen molar-refractivity contribution in [1.29, 1.82) is 0 Å². The maximum Gasteiger partial charge on any atom is 0.305 e. The Balaban J connectivity index is 2.05. The maximum absolute atomic E-state index is 11.9. The minimum Gasteiger partial charge on any atom is -0.469 e. The number of carbonyl (C=O) groups excluding carboxylic acids is 2. The lowest BCUT2D eigenvalue weighted by Crippen LogP contribution is -2.48. The number of unbranched alkanes of at least 4 members (excludes halogenated alkanes) is 3. The molecule has 5 nitrogen and oxygen atoms in total. The number of piperazine rings is 1. The van der Waals surface area contributed by atoms with E-state index in [4.69, 9.17) is 0 Å². The molecule has 0 aromatic rings. The highest BCUT2D eigenvalue weighted by Crippen LogP contribution is 2.07. The van der Waals surface area contributed by atoms with Gasteiger partial charge in [-0.15, -0.1) is 0 Å². The molecule has 0 saturated carbocycles. The molecule has 1 heterocycles. The third kappa shape index (κ3) is 8.49. The summed E-state index contributed by atoms with van der Waals surface area (Å²) >= 11 is 0. The molecule has 128 valence electrons. The first-order chi connectivity index (χ1) is 10.7. The molecule has 1 aliphatic rings. The van der Waals surface area contributed by atoms with Gasteiger partial charge < -0.3 is 9.64 Å². The molecule has 0 amide bonds. The average Bonchev–Trinajstić information content (AvgIpc) is 2.53. The van der Waals surface area contributed by atoms with Crippen LogP contribution in [0.1, 0.15) is 51.9 Å². The highest BCUT2D eigenvalue weighted by atomic mass is 16.5. The zero-order valence-electron chi connectivity index (χ0n) is 14.3. The Labute approximate surface area is 135 Å². The molecule has 0 unspecified atom stereocenters. The third-order valence-corrected chi connectivity index (χ3v) is 4.26. The second-order valence-electron chi connectivity index (χ2n) is 6.15. The smallest absolute Gasteiger partial charge is 0.305 e. The molecule has 0 aliphatic carbocycles. The number of methoxy groups -OCH3 is 1. The van der Waals surface area contributed by atoms with E-state index < -0.39 is 0 Å². The van der Waals surface area contributed by atoms with Crippen molar-refractivity contribution < 1.29 is 14.3 Å². The van der Waals surface area contributed by atoms with Crippen LogP contribution < -0.4 is 0 Å². The van der Waals surface area contributed by atoms with Crippen LogP contribution in [0.4, 0.5) is 0 Å². The van der Waals surface area contributed by atoms with Gasteiger partial charge in [-0.1, -0.05) is 19.8 Å². The van der Waals surface area contributed by atoms with Gasteiger partial charge in [0, 0.05) is 39.0 Å². The van der Waals surface area contributed by atoms with Crippen molar-refractivity contribution in [3.05, 3.63) is 0 Å². The van der Waals surface area contributed by atoms with E-state index in [-0.39, 0.29) is 5.97 Å². The van der Waals surface area contributed by atoms with Crippen molar-refractivity contribution in [2.24, 2.45) is 0 Å². The monoisotopic (exact) mass is 312 g/mol. The Kier molecular flexibility index (Phi) is 10.1. The lowest BCUT2D eigenvalue weighted by atomic mass is 10.1. The summed E-state index contributed by atoms with van der Waals surface area (Å²) in [5.74, 6) is 0.270. The molecule has 0 atom stereocenters. The van der Waals surface area contributed by atoms with Gasteiger partial charge in [0.05, 0.1) is 13.7 Å². The summed E-state index contributed by atoms with van der Waals surface area (Å²) in [5.41, 5.74) is 0. The Bertz CT molecular complexity index is 326. The van der Waals surface area contributed by atoms with Gasteiger partial charge in [-0.3, -0.25) is 14.5 Å². The number of carbonyl (C=O) groups is 2. The standard InChI is InChI=1S/C17H32N2O3/c1-3-4-5-8-16(20)15-19-13-11-18(12-14-19)10-7-6-9-17(21)22-2/h3-15H2,1-2H3. The maximum atomic E-state index is 11.9. The predicted octanol–water partition coefficient (Wildman–Crippen LogP) is 2.10. The Morgan fingerprint density at radius 1 is 0.909 bits per heavy atom. The number of esters is 1. The minimum absolute atomic E-state index is 0.119. The van der Waals surface area contributed by atoms with E-state index in [0.29, 0.717) is 18.7 Å². The van der Waals surface area contributed by atoms with Crippen molar-refractivity contribution in [2.45, 2.75) is 51.9 Å². The third-order valence-electron chi connectivity index (χ3n) is 4.26. The van der Waals surface area contributed by atoms with Crippen LogP contribution in [-0.4, -0.2) is 67.9 Å². The number of hydrogen-bond donors (Lipinski definition) is 0. The van der Waals surface area contributed by atoms with Crippen molar-refractivity contribution in [3.8, 4) is 0 Å². The van der Waals surface area contributed by atoms with Crippen LogP contribution >= 0.6 is 0 Å². The van der Waals surface area contributed by atoms with Crippen LogP contribution in [0.5, 0.6) is 0 Å². The van der Waals surface area contributed by atoms with Gasteiger partial charge in [-0.25, -0.2) is 0 Å². The summed E-state index contributed by atoms with van der Waals surface area (Å²) in [7, 11) is 1.44. The Hall–Kier alpha value is -0.940. The minimum atomic E-state index is -0.119. The molecule has 22 heavy (non-hydrogen) atoms. The van der Waals surface area contributed by atoms with Crippen LogP contribution in [0, 0.1) is 0 Å². The molecule has 1 aliphatic heterocycles.